The van der Waals surface area contributed by atoms with E-state index in [2.05, 4.69) is 10.6 Å². The Morgan fingerprint density at radius 3 is 2.28 bits per heavy atom. The van der Waals surface area contributed by atoms with Crippen molar-refractivity contribution >= 4 is 11.8 Å². The van der Waals surface area contributed by atoms with Gasteiger partial charge in [0.15, 0.2) is 18.1 Å². The van der Waals surface area contributed by atoms with E-state index < -0.39 is 0 Å². The van der Waals surface area contributed by atoms with Crippen molar-refractivity contribution in [1.29, 1.82) is 0 Å². The molecule has 0 heterocycles. The van der Waals surface area contributed by atoms with Crippen LogP contribution >= 0.6 is 0 Å². The van der Waals surface area contributed by atoms with Crippen LogP contribution in [0.3, 0.4) is 0 Å². The highest BCUT2D eigenvalue weighted by Gasteiger charge is 2.18. The molecule has 8 heteroatoms. The van der Waals surface area contributed by atoms with E-state index in [1.165, 1.54) is 14.2 Å². The summed E-state index contributed by atoms with van der Waals surface area (Å²) < 4.78 is 21.3. The first-order chi connectivity index (χ1) is 13.9. The van der Waals surface area contributed by atoms with Gasteiger partial charge in [0, 0.05) is 24.2 Å². The molecule has 0 radical (unpaired) electrons. The zero-order valence-corrected chi connectivity index (χ0v) is 17.2. The average Bonchev–Trinajstić information content (AvgIpc) is 2.76. The highest BCUT2D eigenvalue weighted by Crippen LogP contribution is 2.31. The van der Waals surface area contributed by atoms with Gasteiger partial charge in [-0.1, -0.05) is 0 Å². The van der Waals surface area contributed by atoms with E-state index in [1.54, 1.807) is 38.5 Å². The van der Waals surface area contributed by atoms with Gasteiger partial charge in [0.25, 0.3) is 11.8 Å². The molecule has 8 nitrogen and oxygen atoms in total. The van der Waals surface area contributed by atoms with E-state index in [-0.39, 0.29) is 24.5 Å². The number of benzene rings is 2. The van der Waals surface area contributed by atoms with E-state index >= 15 is 0 Å². The first-order valence-corrected chi connectivity index (χ1v) is 8.97. The lowest BCUT2D eigenvalue weighted by Crippen LogP contribution is -2.27. The maximum Gasteiger partial charge on any atom is 0.257 e. The molecule has 0 aliphatic heterocycles. The van der Waals surface area contributed by atoms with E-state index in [4.69, 9.17) is 18.9 Å². The molecule has 156 valence electrons. The van der Waals surface area contributed by atoms with Gasteiger partial charge in [-0.2, -0.15) is 0 Å². The minimum Gasteiger partial charge on any atom is -0.497 e. The van der Waals surface area contributed by atoms with Gasteiger partial charge < -0.3 is 29.6 Å². The quantitative estimate of drug-likeness (QED) is 0.669. The number of rotatable bonds is 9. The molecule has 0 saturated carbocycles. The van der Waals surface area contributed by atoms with E-state index in [1.807, 2.05) is 19.1 Å². The Balaban J connectivity index is 2.15. The molecule has 29 heavy (non-hydrogen) atoms. The molecular formula is C21H26N2O6. The molecule has 1 unspecified atom stereocenters. The normalized spacial score (nSPS) is 11.2. The predicted molar refractivity (Wildman–Crippen MR) is 108 cm³/mol. The van der Waals surface area contributed by atoms with Crippen LogP contribution in [0.25, 0.3) is 0 Å². The van der Waals surface area contributed by atoms with Crippen molar-refractivity contribution in [3.63, 3.8) is 0 Å². The Bertz CT molecular complexity index is 868. The molecule has 0 fully saturated rings. The maximum atomic E-state index is 12.7. The Morgan fingerprint density at radius 1 is 0.931 bits per heavy atom. The molecule has 1 atom stereocenters. The second-order valence-corrected chi connectivity index (χ2v) is 6.13. The lowest BCUT2D eigenvalue weighted by Gasteiger charge is -2.18. The van der Waals surface area contributed by atoms with Gasteiger partial charge in [-0.15, -0.1) is 0 Å². The standard InChI is InChI=1S/C21H26N2O6/c1-13(16-8-7-15(26-3)11-18(16)27-4)23-21(25)14-6-9-17(19(10-14)28-5)29-12-20(24)22-2/h6-11,13H,12H2,1-5H3,(H,22,24)(H,23,25). The molecule has 0 spiro atoms. The Kier molecular flexibility index (Phi) is 7.70. The second kappa shape index (κ2) is 10.2. The third-order valence-corrected chi connectivity index (χ3v) is 4.32. The number of hydrogen-bond acceptors (Lipinski definition) is 6. The first kappa shape index (κ1) is 21.9. The SMILES string of the molecule is CNC(=O)COc1ccc(C(=O)NC(C)c2ccc(OC)cc2OC)cc1OC. The van der Waals surface area contributed by atoms with Gasteiger partial charge in [0.2, 0.25) is 0 Å². The van der Waals surface area contributed by atoms with Crippen molar-refractivity contribution < 1.29 is 28.5 Å². The molecule has 0 bridgehead atoms. The summed E-state index contributed by atoms with van der Waals surface area (Å²) in [5, 5.41) is 5.40. The van der Waals surface area contributed by atoms with Crippen molar-refractivity contribution in [2.45, 2.75) is 13.0 Å². The minimum atomic E-state index is -0.307. The lowest BCUT2D eigenvalue weighted by atomic mass is 10.1. The van der Waals surface area contributed by atoms with Gasteiger partial charge >= 0.3 is 0 Å². The number of methoxy groups -OCH3 is 3. The molecule has 0 aliphatic rings. The molecule has 2 aromatic rings. The smallest absolute Gasteiger partial charge is 0.257 e. The topological polar surface area (TPSA) is 95.1 Å². The summed E-state index contributed by atoms with van der Waals surface area (Å²) in [6.07, 6.45) is 0. The fourth-order valence-corrected chi connectivity index (χ4v) is 2.68. The predicted octanol–water partition coefficient (Wildman–Crippen LogP) is 2.33. The number of likely N-dealkylation sites (N-methyl/N-ethyl adjacent to an activating group) is 1. The number of amides is 2. The zero-order chi connectivity index (χ0) is 21.4. The van der Waals surface area contributed by atoms with Crippen molar-refractivity contribution in [1.82, 2.24) is 10.6 Å². The molecular weight excluding hydrogens is 376 g/mol. The molecule has 2 rings (SSSR count). The summed E-state index contributed by atoms with van der Waals surface area (Å²) in [5.41, 5.74) is 1.22. The molecule has 0 aliphatic carbocycles. The van der Waals surface area contributed by atoms with Crippen LogP contribution in [0.5, 0.6) is 23.0 Å². The van der Waals surface area contributed by atoms with Crippen LogP contribution in [0, 0.1) is 0 Å². The molecule has 2 aromatic carbocycles. The highest BCUT2D eigenvalue weighted by atomic mass is 16.5. The van der Waals surface area contributed by atoms with Gasteiger partial charge in [0.1, 0.15) is 11.5 Å². The summed E-state index contributed by atoms with van der Waals surface area (Å²) in [6, 6.07) is 9.87. The summed E-state index contributed by atoms with van der Waals surface area (Å²) in [5.74, 6) is 1.46. The Morgan fingerprint density at radius 2 is 1.66 bits per heavy atom. The second-order valence-electron chi connectivity index (χ2n) is 6.13. The minimum absolute atomic E-state index is 0.146. The van der Waals surface area contributed by atoms with Crippen molar-refractivity contribution in [3.8, 4) is 23.0 Å². The van der Waals surface area contributed by atoms with Crippen LogP contribution in [-0.2, 0) is 4.79 Å². The van der Waals surface area contributed by atoms with Crippen molar-refractivity contribution in [3.05, 3.63) is 47.5 Å². The summed E-state index contributed by atoms with van der Waals surface area (Å²) in [4.78, 5) is 24.1. The van der Waals surface area contributed by atoms with Crippen LogP contribution in [0.4, 0.5) is 0 Å². The third-order valence-electron chi connectivity index (χ3n) is 4.32. The average molecular weight is 402 g/mol. The Hall–Kier alpha value is -3.42. The van der Waals surface area contributed by atoms with Gasteiger partial charge in [0.05, 0.1) is 27.4 Å². The van der Waals surface area contributed by atoms with Crippen LogP contribution in [-0.4, -0.2) is 46.8 Å². The lowest BCUT2D eigenvalue weighted by molar-refractivity contribution is -0.122. The van der Waals surface area contributed by atoms with Gasteiger partial charge in [-0.05, 0) is 37.3 Å². The third kappa shape index (κ3) is 5.54. The summed E-state index contributed by atoms with van der Waals surface area (Å²) in [6.45, 7) is 1.72. The summed E-state index contributed by atoms with van der Waals surface area (Å²) in [7, 11) is 6.13. The zero-order valence-electron chi connectivity index (χ0n) is 17.2. The number of nitrogens with one attached hydrogen (secondary N) is 2. The van der Waals surface area contributed by atoms with Crippen LogP contribution in [0.2, 0.25) is 0 Å². The number of carbonyl (C=O) groups is 2. The number of carbonyl (C=O) groups excluding carboxylic acids is 2. The largest absolute Gasteiger partial charge is 0.497 e. The van der Waals surface area contributed by atoms with E-state index in [0.717, 1.165) is 5.56 Å². The van der Waals surface area contributed by atoms with Crippen molar-refractivity contribution in [2.24, 2.45) is 0 Å². The fraction of sp³-hybridized carbons (Fsp3) is 0.333. The van der Waals surface area contributed by atoms with Crippen molar-refractivity contribution in [2.75, 3.05) is 35.0 Å². The van der Waals surface area contributed by atoms with E-state index in [0.29, 0.717) is 28.6 Å². The maximum absolute atomic E-state index is 12.7. The number of hydrogen-bond donors (Lipinski definition) is 2. The van der Waals surface area contributed by atoms with E-state index in [9.17, 15) is 9.59 Å². The molecule has 2 amide bonds. The van der Waals surface area contributed by atoms with Crippen LogP contribution in [0.15, 0.2) is 36.4 Å². The summed E-state index contributed by atoms with van der Waals surface area (Å²) >= 11 is 0. The van der Waals surface area contributed by atoms with Crippen LogP contribution in [0.1, 0.15) is 28.9 Å². The van der Waals surface area contributed by atoms with Gasteiger partial charge in [-0.3, -0.25) is 9.59 Å². The fourth-order valence-electron chi connectivity index (χ4n) is 2.68. The number of ether oxygens (including phenoxy) is 4. The van der Waals surface area contributed by atoms with Gasteiger partial charge in [-0.25, -0.2) is 0 Å². The monoisotopic (exact) mass is 402 g/mol. The highest BCUT2D eigenvalue weighted by molar-refractivity contribution is 5.95. The molecule has 0 aromatic heterocycles. The molecule has 2 N–H and O–H groups in total. The molecule has 0 saturated heterocycles. The Labute approximate surface area is 170 Å². The van der Waals surface area contributed by atoms with Crippen LogP contribution < -0.4 is 29.6 Å². The first-order valence-electron chi connectivity index (χ1n) is 8.97.